The summed E-state index contributed by atoms with van der Waals surface area (Å²) < 4.78 is 10.4. The Morgan fingerprint density at radius 2 is 2.18 bits per heavy atom. The van der Waals surface area contributed by atoms with Crippen molar-refractivity contribution in [2.75, 3.05) is 32.8 Å². The van der Waals surface area contributed by atoms with E-state index in [2.05, 4.69) is 15.0 Å². The van der Waals surface area contributed by atoms with E-state index in [1.165, 1.54) is 6.92 Å². The molecular formula is C11H17N3O3. The first-order chi connectivity index (χ1) is 8.24. The third-order valence-electron chi connectivity index (χ3n) is 2.66. The van der Waals surface area contributed by atoms with E-state index < -0.39 is 0 Å². The molecule has 1 aliphatic rings. The molecule has 0 bridgehead atoms. The fourth-order valence-electron chi connectivity index (χ4n) is 1.76. The predicted octanol–water partition coefficient (Wildman–Crippen LogP) is 0.0758. The van der Waals surface area contributed by atoms with Crippen LogP contribution in [0.25, 0.3) is 0 Å². The minimum Gasteiger partial charge on any atom is -0.379 e. The zero-order valence-corrected chi connectivity index (χ0v) is 10.0. The van der Waals surface area contributed by atoms with Crippen molar-refractivity contribution in [2.45, 2.75) is 19.8 Å². The molecule has 0 aliphatic carbocycles. The Balaban J connectivity index is 1.78. The maximum absolute atomic E-state index is 10.9. The lowest BCUT2D eigenvalue weighted by Crippen LogP contribution is -2.37. The summed E-state index contributed by atoms with van der Waals surface area (Å²) >= 11 is 0. The minimum absolute atomic E-state index is 0.0468. The van der Waals surface area contributed by atoms with Crippen LogP contribution in [0.4, 0.5) is 0 Å². The molecule has 94 valence electrons. The summed E-state index contributed by atoms with van der Waals surface area (Å²) in [6.45, 7) is 5.90. The highest BCUT2D eigenvalue weighted by molar-refractivity contribution is 5.77. The number of hydrogen-bond acceptors (Lipinski definition) is 6. The molecule has 0 unspecified atom stereocenters. The second kappa shape index (κ2) is 5.88. The number of ketones is 1. The molecule has 1 saturated heterocycles. The summed E-state index contributed by atoms with van der Waals surface area (Å²) in [6, 6.07) is 0. The number of rotatable bonds is 5. The van der Waals surface area contributed by atoms with Crippen molar-refractivity contribution in [1.29, 1.82) is 0 Å². The summed E-state index contributed by atoms with van der Waals surface area (Å²) in [5.74, 6) is 1.13. The molecule has 6 heteroatoms. The molecule has 1 aromatic heterocycles. The highest BCUT2D eigenvalue weighted by Gasteiger charge is 2.13. The number of hydrogen-bond donors (Lipinski definition) is 0. The van der Waals surface area contributed by atoms with Gasteiger partial charge < -0.3 is 9.26 Å². The second-order valence-corrected chi connectivity index (χ2v) is 4.19. The molecular weight excluding hydrogens is 222 g/mol. The van der Waals surface area contributed by atoms with E-state index in [4.69, 9.17) is 9.26 Å². The van der Waals surface area contributed by atoms with Gasteiger partial charge in [-0.15, -0.1) is 0 Å². The summed E-state index contributed by atoms with van der Waals surface area (Å²) in [7, 11) is 0. The van der Waals surface area contributed by atoms with Crippen molar-refractivity contribution in [2.24, 2.45) is 0 Å². The average Bonchev–Trinajstić information content (AvgIpc) is 2.75. The number of carbonyl (C=O) groups is 1. The van der Waals surface area contributed by atoms with Crippen LogP contribution in [-0.4, -0.2) is 53.7 Å². The number of morpholine rings is 1. The molecule has 0 aromatic carbocycles. The Labute approximate surface area is 99.9 Å². The van der Waals surface area contributed by atoms with Gasteiger partial charge in [0.05, 0.1) is 19.6 Å². The third kappa shape index (κ3) is 3.90. The van der Waals surface area contributed by atoms with Gasteiger partial charge >= 0.3 is 0 Å². The molecule has 17 heavy (non-hydrogen) atoms. The van der Waals surface area contributed by atoms with Crippen LogP contribution >= 0.6 is 0 Å². The largest absolute Gasteiger partial charge is 0.379 e. The maximum Gasteiger partial charge on any atom is 0.227 e. The second-order valence-electron chi connectivity index (χ2n) is 4.19. The van der Waals surface area contributed by atoms with Crippen molar-refractivity contribution >= 4 is 5.78 Å². The van der Waals surface area contributed by atoms with Gasteiger partial charge in [0.25, 0.3) is 0 Å². The molecule has 1 aromatic rings. The van der Waals surface area contributed by atoms with Gasteiger partial charge in [-0.1, -0.05) is 5.16 Å². The minimum atomic E-state index is 0.0468. The number of aromatic nitrogens is 2. The van der Waals surface area contributed by atoms with Crippen molar-refractivity contribution in [1.82, 2.24) is 15.0 Å². The third-order valence-corrected chi connectivity index (χ3v) is 2.66. The lowest BCUT2D eigenvalue weighted by molar-refractivity contribution is -0.116. The lowest BCUT2D eigenvalue weighted by atomic mass is 10.3. The molecule has 2 rings (SSSR count). The highest BCUT2D eigenvalue weighted by atomic mass is 16.5. The van der Waals surface area contributed by atoms with Gasteiger partial charge in [-0.3, -0.25) is 9.69 Å². The van der Waals surface area contributed by atoms with Crippen LogP contribution in [0.15, 0.2) is 4.52 Å². The van der Waals surface area contributed by atoms with Crippen LogP contribution in [0.2, 0.25) is 0 Å². The topological polar surface area (TPSA) is 68.5 Å². The standard InChI is InChI=1S/C11H17N3O3/c1-9(15)8-10-12-11(17-13-10)2-3-14-4-6-16-7-5-14/h2-8H2,1H3. The molecule has 2 heterocycles. The fourth-order valence-corrected chi connectivity index (χ4v) is 1.76. The summed E-state index contributed by atoms with van der Waals surface area (Å²) in [5.41, 5.74) is 0. The van der Waals surface area contributed by atoms with E-state index in [1.54, 1.807) is 0 Å². The Morgan fingerprint density at radius 3 is 2.88 bits per heavy atom. The lowest BCUT2D eigenvalue weighted by Gasteiger charge is -2.25. The van der Waals surface area contributed by atoms with E-state index >= 15 is 0 Å². The maximum atomic E-state index is 10.9. The van der Waals surface area contributed by atoms with Gasteiger partial charge in [0.2, 0.25) is 5.89 Å². The van der Waals surface area contributed by atoms with Crippen molar-refractivity contribution in [3.8, 4) is 0 Å². The van der Waals surface area contributed by atoms with Crippen molar-refractivity contribution < 1.29 is 14.1 Å². The number of nitrogens with zero attached hydrogens (tertiary/aromatic N) is 3. The summed E-state index contributed by atoms with van der Waals surface area (Å²) in [5, 5.41) is 3.77. The molecule has 1 fully saturated rings. The zero-order chi connectivity index (χ0) is 12.1. The molecule has 0 amide bonds. The molecule has 1 aliphatic heterocycles. The van der Waals surface area contributed by atoms with Crippen molar-refractivity contribution in [3.63, 3.8) is 0 Å². The van der Waals surface area contributed by atoms with Crippen LogP contribution in [0.1, 0.15) is 18.6 Å². The SMILES string of the molecule is CC(=O)Cc1noc(CCN2CCOCC2)n1. The van der Waals surface area contributed by atoms with Gasteiger partial charge in [-0.25, -0.2) is 0 Å². The number of carbonyl (C=O) groups excluding carboxylic acids is 1. The molecule has 0 radical (unpaired) electrons. The zero-order valence-electron chi connectivity index (χ0n) is 10.0. The Kier molecular flexibility index (Phi) is 4.22. The Morgan fingerprint density at radius 1 is 1.41 bits per heavy atom. The van der Waals surface area contributed by atoms with Gasteiger partial charge in [0.1, 0.15) is 5.78 Å². The smallest absolute Gasteiger partial charge is 0.227 e. The Hall–Kier alpha value is -1.27. The van der Waals surface area contributed by atoms with E-state index in [1.807, 2.05) is 0 Å². The molecule has 0 saturated carbocycles. The normalized spacial score (nSPS) is 17.2. The molecule has 6 nitrogen and oxygen atoms in total. The van der Waals surface area contributed by atoms with Gasteiger partial charge in [-0.2, -0.15) is 4.98 Å². The quantitative estimate of drug-likeness (QED) is 0.724. The van der Waals surface area contributed by atoms with Crippen LogP contribution in [0, 0.1) is 0 Å². The van der Waals surface area contributed by atoms with E-state index in [0.29, 0.717) is 11.7 Å². The van der Waals surface area contributed by atoms with Gasteiger partial charge in [0.15, 0.2) is 5.82 Å². The first-order valence-electron chi connectivity index (χ1n) is 5.85. The van der Waals surface area contributed by atoms with E-state index in [9.17, 15) is 4.79 Å². The van der Waals surface area contributed by atoms with Crippen LogP contribution in [-0.2, 0) is 22.4 Å². The monoisotopic (exact) mass is 239 g/mol. The number of Topliss-reactive ketones (excluding diaryl/α,β-unsaturated/α-hetero) is 1. The molecule has 0 N–H and O–H groups in total. The van der Waals surface area contributed by atoms with Crippen LogP contribution in [0.5, 0.6) is 0 Å². The molecule has 0 atom stereocenters. The Bertz CT molecular complexity index is 372. The highest BCUT2D eigenvalue weighted by Crippen LogP contribution is 2.03. The van der Waals surface area contributed by atoms with E-state index in [-0.39, 0.29) is 12.2 Å². The predicted molar refractivity (Wildman–Crippen MR) is 59.6 cm³/mol. The number of ether oxygens (including phenoxy) is 1. The van der Waals surface area contributed by atoms with E-state index in [0.717, 1.165) is 39.3 Å². The summed E-state index contributed by atoms with van der Waals surface area (Å²) in [6.07, 6.45) is 0.978. The fraction of sp³-hybridized carbons (Fsp3) is 0.727. The van der Waals surface area contributed by atoms with Crippen LogP contribution in [0.3, 0.4) is 0 Å². The average molecular weight is 239 g/mol. The van der Waals surface area contributed by atoms with Gasteiger partial charge in [0, 0.05) is 26.1 Å². The first-order valence-corrected chi connectivity index (χ1v) is 5.85. The van der Waals surface area contributed by atoms with Crippen LogP contribution < -0.4 is 0 Å². The molecule has 0 spiro atoms. The first kappa shape index (κ1) is 12.2. The van der Waals surface area contributed by atoms with Crippen molar-refractivity contribution in [3.05, 3.63) is 11.7 Å². The van der Waals surface area contributed by atoms with Gasteiger partial charge in [-0.05, 0) is 6.92 Å². The summed E-state index contributed by atoms with van der Waals surface area (Å²) in [4.78, 5) is 17.4.